The fourth-order valence-electron chi connectivity index (χ4n) is 7.53. The Bertz CT molecular complexity index is 1740. The summed E-state index contributed by atoms with van der Waals surface area (Å²) in [5.41, 5.74) is 0. The highest BCUT2D eigenvalue weighted by Gasteiger charge is 2.29. The molecule has 0 spiro atoms. The molecule has 0 heterocycles. The summed E-state index contributed by atoms with van der Waals surface area (Å²) in [6, 6.07) is -1.11. The lowest BCUT2D eigenvalue weighted by molar-refractivity contribution is -0.870. The number of rotatable bonds is 51. The average molecular weight is 1060 g/mol. The Morgan fingerprint density at radius 3 is 1.28 bits per heavy atom. The first kappa shape index (κ1) is 71.3. The minimum absolute atomic E-state index is 0.0581. The summed E-state index contributed by atoms with van der Waals surface area (Å²) in [6.07, 6.45) is 79.2. The number of aliphatic hydroxyl groups excluding tert-OH is 2. The van der Waals surface area contributed by atoms with Crippen LogP contribution in [0.3, 0.4) is 0 Å². The van der Waals surface area contributed by atoms with Crippen LogP contribution < -0.4 is 10.2 Å². The van der Waals surface area contributed by atoms with Gasteiger partial charge in [-0.1, -0.05) is 211 Å². The molecule has 75 heavy (non-hydrogen) atoms. The van der Waals surface area contributed by atoms with Crippen LogP contribution in [0.15, 0.2) is 146 Å². The molecule has 3 N–H and O–H groups in total. The van der Waals surface area contributed by atoms with Gasteiger partial charge in [0.25, 0.3) is 7.82 Å². The molecule has 0 aromatic heterocycles. The number of nitrogens with zero attached hydrogens (tertiary/aromatic N) is 1. The first-order valence-electron chi connectivity index (χ1n) is 29.3. The van der Waals surface area contributed by atoms with Gasteiger partial charge in [0, 0.05) is 6.42 Å². The van der Waals surface area contributed by atoms with Crippen molar-refractivity contribution in [1.82, 2.24) is 5.32 Å². The Hall–Kier alpha value is -3.66. The van der Waals surface area contributed by atoms with Gasteiger partial charge in [0.05, 0.1) is 39.9 Å². The number of unbranched alkanes of at least 4 members (excludes halogenated alkanes) is 13. The summed E-state index contributed by atoms with van der Waals surface area (Å²) in [4.78, 5) is 25.5. The third kappa shape index (κ3) is 54.9. The van der Waals surface area contributed by atoms with E-state index >= 15 is 0 Å². The average Bonchev–Trinajstić information content (AvgIpc) is 3.37. The highest BCUT2D eigenvalue weighted by molar-refractivity contribution is 7.45. The normalized spacial score (nSPS) is 15.4. The zero-order chi connectivity index (χ0) is 55.0. The number of hydrogen-bond acceptors (Lipinski definition) is 7. The molecule has 0 aliphatic rings. The Balaban J connectivity index is 4.21. The first-order chi connectivity index (χ1) is 36.4. The lowest BCUT2D eigenvalue weighted by Crippen LogP contribution is -2.51. The minimum atomic E-state index is -4.69. The van der Waals surface area contributed by atoms with Gasteiger partial charge in [-0.25, -0.2) is 0 Å². The molecule has 0 saturated carbocycles. The molecule has 0 aromatic carbocycles. The summed E-state index contributed by atoms with van der Waals surface area (Å²) in [5.74, 6) is -0.309. The first-order valence-corrected chi connectivity index (χ1v) is 30.7. The van der Waals surface area contributed by atoms with Crippen molar-refractivity contribution < 1.29 is 38.0 Å². The van der Waals surface area contributed by atoms with Crippen molar-refractivity contribution in [3.63, 3.8) is 0 Å². The molecule has 0 bridgehead atoms. The minimum Gasteiger partial charge on any atom is -0.756 e. The second-order valence-corrected chi connectivity index (χ2v) is 21.8. The Kier molecular flexibility index (Phi) is 51.1. The van der Waals surface area contributed by atoms with E-state index in [1.54, 1.807) is 0 Å². The van der Waals surface area contributed by atoms with Gasteiger partial charge in [0.1, 0.15) is 19.3 Å². The molecule has 0 fully saturated rings. The monoisotopic (exact) mass is 1060 g/mol. The number of phosphoric acid groups is 1. The highest BCUT2D eigenvalue weighted by atomic mass is 31.2. The van der Waals surface area contributed by atoms with Crippen molar-refractivity contribution in [2.24, 2.45) is 0 Å². The van der Waals surface area contributed by atoms with Gasteiger partial charge in [-0.15, -0.1) is 0 Å². The van der Waals surface area contributed by atoms with E-state index in [1.807, 2.05) is 21.1 Å². The smallest absolute Gasteiger partial charge is 0.268 e. The molecule has 0 rings (SSSR count). The number of phosphoric ester groups is 1. The summed E-state index contributed by atoms with van der Waals surface area (Å²) in [6.45, 7) is 4.23. The summed E-state index contributed by atoms with van der Waals surface area (Å²) in [5, 5.41) is 24.7. The predicted octanol–water partition coefficient (Wildman–Crippen LogP) is 16.4. The lowest BCUT2D eigenvalue weighted by atomic mass is 10.0. The number of carbonyl (C=O) groups is 1. The van der Waals surface area contributed by atoms with Crippen LogP contribution in [-0.2, 0) is 18.4 Å². The molecule has 9 nitrogen and oxygen atoms in total. The summed E-state index contributed by atoms with van der Waals surface area (Å²) in [7, 11) is 1.07. The lowest BCUT2D eigenvalue weighted by Gasteiger charge is -2.31. The van der Waals surface area contributed by atoms with Crippen molar-refractivity contribution in [1.29, 1.82) is 0 Å². The SMILES string of the molecule is CC/C=C\C/C=C\C/C=C\C/C=C\C/C=C\C/C=C\C/C=C\C/C=C\C/C=C\C/C=C\CCCCCCCCCCC(=O)NC(COP(=O)([O-])OCC[N+](C)(C)C)C(O)C(O)CCC/C=C/CC/C=C/CCCCC. The van der Waals surface area contributed by atoms with E-state index in [0.717, 1.165) is 116 Å². The van der Waals surface area contributed by atoms with Gasteiger partial charge in [-0.3, -0.25) is 9.36 Å². The largest absolute Gasteiger partial charge is 0.756 e. The van der Waals surface area contributed by atoms with Crippen LogP contribution in [0, 0.1) is 0 Å². The maximum absolute atomic E-state index is 13.0. The molecule has 4 unspecified atom stereocenters. The Morgan fingerprint density at radius 1 is 0.493 bits per heavy atom. The topological polar surface area (TPSA) is 128 Å². The second-order valence-electron chi connectivity index (χ2n) is 20.4. The van der Waals surface area contributed by atoms with E-state index in [-0.39, 0.29) is 18.9 Å². The highest BCUT2D eigenvalue weighted by Crippen LogP contribution is 2.38. The predicted molar refractivity (Wildman–Crippen MR) is 321 cm³/mol. The third-order valence-corrected chi connectivity index (χ3v) is 13.1. The van der Waals surface area contributed by atoms with Crippen molar-refractivity contribution in [3.05, 3.63) is 146 Å². The molecule has 4 atom stereocenters. The van der Waals surface area contributed by atoms with Gasteiger partial charge < -0.3 is 34.0 Å². The standard InChI is InChI=1S/C65H109N2O7P/c1-6-8-10-12-14-16-18-20-21-22-23-24-25-26-27-28-29-30-31-32-33-34-35-36-37-38-39-40-41-42-43-44-45-46-48-50-52-54-56-58-64(69)66-62(61-74-75(71,72)73-60-59-67(3,4)5)65(70)63(68)57-55-53-51-49-47-19-17-15-13-11-9-7-2/h8,10,14-17,20-21,23-24,26-27,29-30,32-33,35-36,38-39,41-42,49,51,62-63,65,68,70H,6-7,9,11-13,18-19,22,25,28,31,34,37,40,43-48,50,52-61H2,1-5H3,(H-,66,69,71,72)/b10-8-,16-14-,17-15+,21-20-,24-23-,27-26-,30-29-,33-32-,36-35-,39-38-,42-41-,51-49+. The molecule has 0 aromatic rings. The van der Waals surface area contributed by atoms with Crippen LogP contribution in [0.25, 0.3) is 0 Å². The van der Waals surface area contributed by atoms with E-state index < -0.39 is 32.7 Å². The fraction of sp³-hybridized carbons (Fsp3) is 0.615. The molecular formula is C65H109N2O7P. The van der Waals surface area contributed by atoms with Crippen molar-refractivity contribution in [2.75, 3.05) is 40.9 Å². The fourth-order valence-corrected chi connectivity index (χ4v) is 8.25. The maximum Gasteiger partial charge on any atom is 0.268 e. The van der Waals surface area contributed by atoms with E-state index in [9.17, 15) is 24.5 Å². The summed E-state index contributed by atoms with van der Waals surface area (Å²) >= 11 is 0. The van der Waals surface area contributed by atoms with Gasteiger partial charge in [0.15, 0.2) is 0 Å². The van der Waals surface area contributed by atoms with Crippen LogP contribution in [-0.4, -0.2) is 79.8 Å². The number of nitrogens with one attached hydrogen (secondary N) is 1. The van der Waals surface area contributed by atoms with E-state index in [0.29, 0.717) is 30.3 Å². The number of carbonyl (C=O) groups excluding carboxylic acids is 1. The maximum atomic E-state index is 13.0. The number of allylic oxidation sites excluding steroid dienone is 24. The third-order valence-electron chi connectivity index (χ3n) is 12.1. The zero-order valence-corrected chi connectivity index (χ0v) is 48.9. The zero-order valence-electron chi connectivity index (χ0n) is 48.0. The van der Waals surface area contributed by atoms with E-state index in [2.05, 4.69) is 165 Å². The van der Waals surface area contributed by atoms with Crippen molar-refractivity contribution in [2.45, 2.75) is 218 Å². The number of likely N-dealkylation sites (N-methyl/N-ethyl adjacent to an activating group) is 1. The van der Waals surface area contributed by atoms with Crippen LogP contribution in [0.5, 0.6) is 0 Å². The molecule has 0 radical (unpaired) electrons. The number of aliphatic hydroxyl groups is 2. The molecule has 426 valence electrons. The van der Waals surface area contributed by atoms with Gasteiger partial charge in [0.2, 0.25) is 5.91 Å². The molecule has 0 aliphatic carbocycles. The number of amides is 1. The molecule has 1 amide bonds. The molecule has 0 saturated heterocycles. The van der Waals surface area contributed by atoms with E-state index in [4.69, 9.17) is 9.05 Å². The van der Waals surface area contributed by atoms with Gasteiger partial charge >= 0.3 is 0 Å². The summed E-state index contributed by atoms with van der Waals surface area (Å²) < 4.78 is 23.2. The van der Waals surface area contributed by atoms with Crippen LogP contribution in [0.4, 0.5) is 0 Å². The van der Waals surface area contributed by atoms with E-state index in [1.165, 1.54) is 44.9 Å². The number of quaternary nitrogens is 1. The van der Waals surface area contributed by atoms with Crippen molar-refractivity contribution in [3.8, 4) is 0 Å². The molecule has 10 heteroatoms. The molecular weight excluding hydrogens is 952 g/mol. The number of hydrogen-bond donors (Lipinski definition) is 3. The molecule has 0 aliphatic heterocycles. The van der Waals surface area contributed by atoms with Gasteiger partial charge in [-0.05, 0) is 128 Å². The second kappa shape index (κ2) is 53.7. The van der Waals surface area contributed by atoms with Crippen molar-refractivity contribution >= 4 is 13.7 Å². The Morgan fingerprint density at radius 2 is 0.853 bits per heavy atom. The van der Waals surface area contributed by atoms with Gasteiger partial charge in [-0.2, -0.15) is 0 Å². The van der Waals surface area contributed by atoms with Crippen LogP contribution in [0.1, 0.15) is 200 Å². The Labute approximate surface area is 460 Å². The quantitative estimate of drug-likeness (QED) is 0.0240. The van der Waals surface area contributed by atoms with Crippen LogP contribution >= 0.6 is 7.82 Å². The van der Waals surface area contributed by atoms with Crippen LogP contribution in [0.2, 0.25) is 0 Å².